The van der Waals surface area contributed by atoms with Crippen molar-refractivity contribution in [2.45, 2.75) is 31.6 Å². The lowest BCUT2D eigenvalue weighted by Gasteiger charge is -2.02. The molecule has 0 heterocycles. The van der Waals surface area contributed by atoms with Gasteiger partial charge in [-0.1, -0.05) is 12.1 Å². The molecule has 0 aromatic heterocycles. The van der Waals surface area contributed by atoms with E-state index >= 15 is 0 Å². The van der Waals surface area contributed by atoms with Gasteiger partial charge in [-0.25, -0.2) is 4.39 Å². The van der Waals surface area contributed by atoms with E-state index in [4.69, 9.17) is 11.6 Å². The number of rotatable bonds is 4. The fourth-order valence-corrected chi connectivity index (χ4v) is 1.43. The topological polar surface area (TPSA) is 0 Å². The molecule has 0 saturated heterocycles. The highest BCUT2D eigenvalue weighted by Gasteiger charge is 1.98. The van der Waals surface area contributed by atoms with Crippen LogP contribution in [0.15, 0.2) is 24.3 Å². The summed E-state index contributed by atoms with van der Waals surface area (Å²) in [6.45, 7) is 1.98. The summed E-state index contributed by atoms with van der Waals surface area (Å²) < 4.78 is 12.7. The third-order valence-electron chi connectivity index (χ3n) is 1.96. The average Bonchev–Trinajstić information content (AvgIpc) is 2.03. The number of halogens is 2. The van der Waals surface area contributed by atoms with Gasteiger partial charge in [-0.15, -0.1) is 11.6 Å². The van der Waals surface area contributed by atoms with Crippen molar-refractivity contribution in [1.29, 1.82) is 0 Å². The average molecular weight is 201 g/mol. The molecular formula is C11H14ClF. The standard InChI is InChI=1S/C11H14ClF/c1-9(12)4-2-5-10-6-3-7-11(13)8-10/h3,6-9H,2,4-5H2,1H3. The van der Waals surface area contributed by atoms with Crippen LogP contribution in [0.2, 0.25) is 0 Å². The zero-order valence-electron chi connectivity index (χ0n) is 7.76. The first-order chi connectivity index (χ1) is 6.18. The van der Waals surface area contributed by atoms with E-state index in [1.165, 1.54) is 6.07 Å². The molecule has 1 aromatic carbocycles. The van der Waals surface area contributed by atoms with Crippen molar-refractivity contribution in [1.82, 2.24) is 0 Å². The molecule has 1 unspecified atom stereocenters. The molecular weight excluding hydrogens is 187 g/mol. The summed E-state index contributed by atoms with van der Waals surface area (Å²) in [5, 5.41) is 0.216. The summed E-state index contributed by atoms with van der Waals surface area (Å²) in [6.07, 6.45) is 2.92. The molecule has 1 rings (SSSR count). The van der Waals surface area contributed by atoms with E-state index in [-0.39, 0.29) is 11.2 Å². The molecule has 1 atom stereocenters. The second-order valence-corrected chi connectivity index (χ2v) is 4.05. The first-order valence-electron chi connectivity index (χ1n) is 4.57. The van der Waals surface area contributed by atoms with Crippen LogP contribution in [0, 0.1) is 5.82 Å². The van der Waals surface area contributed by atoms with Gasteiger partial charge in [-0.2, -0.15) is 0 Å². The van der Waals surface area contributed by atoms with Crippen molar-refractivity contribution in [3.8, 4) is 0 Å². The molecule has 0 nitrogen and oxygen atoms in total. The Morgan fingerprint density at radius 1 is 1.46 bits per heavy atom. The summed E-state index contributed by atoms with van der Waals surface area (Å²) in [4.78, 5) is 0. The quantitative estimate of drug-likeness (QED) is 0.649. The number of aryl methyl sites for hydroxylation is 1. The minimum atomic E-state index is -0.156. The SMILES string of the molecule is CC(Cl)CCCc1cccc(F)c1. The number of benzene rings is 1. The van der Waals surface area contributed by atoms with Gasteiger partial charge in [-0.3, -0.25) is 0 Å². The van der Waals surface area contributed by atoms with Crippen molar-refractivity contribution in [3.05, 3.63) is 35.6 Å². The molecule has 0 bridgehead atoms. The minimum Gasteiger partial charge on any atom is -0.207 e. The Morgan fingerprint density at radius 2 is 2.23 bits per heavy atom. The van der Waals surface area contributed by atoms with E-state index in [0.717, 1.165) is 24.8 Å². The molecule has 72 valence electrons. The molecule has 0 N–H and O–H groups in total. The number of alkyl halides is 1. The van der Waals surface area contributed by atoms with Gasteiger partial charge in [0, 0.05) is 5.38 Å². The molecule has 0 spiro atoms. The van der Waals surface area contributed by atoms with Gasteiger partial charge in [0.2, 0.25) is 0 Å². The van der Waals surface area contributed by atoms with E-state index in [1.54, 1.807) is 12.1 Å². The van der Waals surface area contributed by atoms with Crippen molar-refractivity contribution >= 4 is 11.6 Å². The Labute approximate surface area is 83.7 Å². The third kappa shape index (κ3) is 4.28. The Bertz CT molecular complexity index is 258. The first kappa shape index (κ1) is 10.5. The molecule has 0 amide bonds. The monoisotopic (exact) mass is 200 g/mol. The summed E-state index contributed by atoms with van der Waals surface area (Å²) in [5.74, 6) is -0.156. The maximum Gasteiger partial charge on any atom is 0.123 e. The maximum absolute atomic E-state index is 12.7. The fraction of sp³-hybridized carbons (Fsp3) is 0.455. The number of hydrogen-bond acceptors (Lipinski definition) is 0. The maximum atomic E-state index is 12.7. The molecule has 0 aliphatic heterocycles. The van der Waals surface area contributed by atoms with Crippen LogP contribution in [0.3, 0.4) is 0 Å². The van der Waals surface area contributed by atoms with Crippen LogP contribution in [-0.4, -0.2) is 5.38 Å². The summed E-state index contributed by atoms with van der Waals surface area (Å²) >= 11 is 5.80. The Kier molecular flexibility index (Phi) is 4.23. The van der Waals surface area contributed by atoms with Gasteiger partial charge < -0.3 is 0 Å². The molecule has 0 radical (unpaired) electrons. The zero-order valence-corrected chi connectivity index (χ0v) is 8.52. The van der Waals surface area contributed by atoms with Gasteiger partial charge >= 0.3 is 0 Å². The largest absolute Gasteiger partial charge is 0.207 e. The van der Waals surface area contributed by atoms with Crippen molar-refractivity contribution in [2.75, 3.05) is 0 Å². The van der Waals surface area contributed by atoms with E-state index in [1.807, 2.05) is 13.0 Å². The summed E-state index contributed by atoms with van der Waals surface area (Å²) in [5.41, 5.74) is 1.05. The summed E-state index contributed by atoms with van der Waals surface area (Å²) in [7, 11) is 0. The van der Waals surface area contributed by atoms with Crippen LogP contribution in [0.25, 0.3) is 0 Å². The van der Waals surface area contributed by atoms with E-state index < -0.39 is 0 Å². The fourth-order valence-electron chi connectivity index (χ4n) is 1.28. The Hall–Kier alpha value is -0.560. The van der Waals surface area contributed by atoms with Gasteiger partial charge in [-0.05, 0) is 43.9 Å². The van der Waals surface area contributed by atoms with Crippen LogP contribution < -0.4 is 0 Å². The second-order valence-electron chi connectivity index (χ2n) is 3.30. The lowest BCUT2D eigenvalue weighted by atomic mass is 10.1. The lowest BCUT2D eigenvalue weighted by Crippen LogP contribution is -1.93. The first-order valence-corrected chi connectivity index (χ1v) is 5.00. The highest BCUT2D eigenvalue weighted by atomic mass is 35.5. The normalized spacial score (nSPS) is 12.8. The van der Waals surface area contributed by atoms with Crippen molar-refractivity contribution in [3.63, 3.8) is 0 Å². The number of hydrogen-bond donors (Lipinski definition) is 0. The van der Waals surface area contributed by atoms with Gasteiger partial charge in [0.05, 0.1) is 0 Å². The molecule has 1 aromatic rings. The van der Waals surface area contributed by atoms with Crippen LogP contribution >= 0.6 is 11.6 Å². The van der Waals surface area contributed by atoms with E-state index in [2.05, 4.69) is 0 Å². The predicted molar refractivity (Wildman–Crippen MR) is 54.7 cm³/mol. The third-order valence-corrected chi connectivity index (χ3v) is 2.17. The molecule has 0 saturated carbocycles. The summed E-state index contributed by atoms with van der Waals surface area (Å²) in [6, 6.07) is 6.74. The minimum absolute atomic E-state index is 0.156. The molecule has 13 heavy (non-hydrogen) atoms. The molecule has 0 aliphatic carbocycles. The smallest absolute Gasteiger partial charge is 0.123 e. The van der Waals surface area contributed by atoms with Crippen LogP contribution in [0.1, 0.15) is 25.3 Å². The van der Waals surface area contributed by atoms with E-state index in [9.17, 15) is 4.39 Å². The van der Waals surface area contributed by atoms with Gasteiger partial charge in [0.15, 0.2) is 0 Å². The molecule has 0 aliphatic rings. The van der Waals surface area contributed by atoms with Gasteiger partial charge in [0.1, 0.15) is 5.82 Å². The molecule has 2 heteroatoms. The van der Waals surface area contributed by atoms with Crippen LogP contribution in [0.4, 0.5) is 4.39 Å². The Morgan fingerprint density at radius 3 is 2.85 bits per heavy atom. The van der Waals surface area contributed by atoms with Crippen LogP contribution in [0.5, 0.6) is 0 Å². The highest BCUT2D eigenvalue weighted by molar-refractivity contribution is 6.20. The second kappa shape index (κ2) is 5.23. The lowest BCUT2D eigenvalue weighted by molar-refractivity contribution is 0.623. The Balaban J connectivity index is 2.37. The van der Waals surface area contributed by atoms with E-state index in [0.29, 0.717) is 0 Å². The van der Waals surface area contributed by atoms with Crippen LogP contribution in [-0.2, 0) is 6.42 Å². The van der Waals surface area contributed by atoms with Crippen molar-refractivity contribution in [2.24, 2.45) is 0 Å². The zero-order chi connectivity index (χ0) is 9.68. The van der Waals surface area contributed by atoms with Crippen molar-refractivity contribution < 1.29 is 4.39 Å². The highest BCUT2D eigenvalue weighted by Crippen LogP contribution is 2.10. The predicted octanol–water partition coefficient (Wildman–Crippen LogP) is 3.78. The molecule has 0 fully saturated rings. The van der Waals surface area contributed by atoms with Gasteiger partial charge in [0.25, 0.3) is 0 Å².